The molecule has 8 heteroatoms. The van der Waals surface area contributed by atoms with Gasteiger partial charge in [-0.15, -0.1) is 0 Å². The molecule has 1 aliphatic heterocycles. The fraction of sp³-hybridized carbons (Fsp3) is 0.909. The van der Waals surface area contributed by atoms with E-state index in [1.807, 2.05) is 6.92 Å². The van der Waals surface area contributed by atoms with Gasteiger partial charge in [0.15, 0.2) is 0 Å². The molecule has 0 spiro atoms. The zero-order valence-corrected chi connectivity index (χ0v) is 11.9. The first kappa shape index (κ1) is 16.4. The first-order chi connectivity index (χ1) is 8.95. The van der Waals surface area contributed by atoms with Crippen LogP contribution in [0.2, 0.25) is 0 Å². The van der Waals surface area contributed by atoms with Gasteiger partial charge in [0.05, 0.1) is 18.5 Å². The van der Waals surface area contributed by atoms with Crippen molar-refractivity contribution in [1.82, 2.24) is 4.31 Å². The lowest BCUT2D eigenvalue weighted by Crippen LogP contribution is -2.42. The highest BCUT2D eigenvalue weighted by molar-refractivity contribution is 7.89. The van der Waals surface area contributed by atoms with Crippen LogP contribution in [0.25, 0.3) is 0 Å². The van der Waals surface area contributed by atoms with E-state index >= 15 is 0 Å². The number of carbonyl (C=O) groups is 1. The Morgan fingerprint density at radius 1 is 1.37 bits per heavy atom. The molecule has 0 radical (unpaired) electrons. The highest BCUT2D eigenvalue weighted by atomic mass is 32.2. The quantitative estimate of drug-likeness (QED) is 0.629. The average molecular weight is 295 g/mol. The fourth-order valence-electron chi connectivity index (χ4n) is 1.90. The Hall–Kier alpha value is -0.700. The van der Waals surface area contributed by atoms with Crippen LogP contribution in [0.4, 0.5) is 0 Å². The molecule has 1 fully saturated rings. The van der Waals surface area contributed by atoms with Crippen LogP contribution in [0, 0.1) is 0 Å². The summed E-state index contributed by atoms with van der Waals surface area (Å²) in [6, 6.07) is 0. The van der Waals surface area contributed by atoms with Crippen molar-refractivity contribution in [2.45, 2.75) is 25.9 Å². The summed E-state index contributed by atoms with van der Waals surface area (Å²) < 4.78 is 35.5. The van der Waals surface area contributed by atoms with Crippen LogP contribution in [0.1, 0.15) is 19.8 Å². The van der Waals surface area contributed by atoms with Gasteiger partial charge < -0.3 is 14.6 Å². The summed E-state index contributed by atoms with van der Waals surface area (Å²) in [6.07, 6.45) is 0.886. The van der Waals surface area contributed by atoms with E-state index in [4.69, 9.17) is 14.6 Å². The molecule has 1 rings (SSSR count). The number of ether oxygens (including phenoxy) is 2. The Kier molecular flexibility index (Phi) is 6.70. The SMILES string of the molecule is CCOCCS(=O)(=O)N1CCC(OCC(=O)O)CC1. The predicted molar refractivity (Wildman–Crippen MR) is 68.5 cm³/mol. The first-order valence-electron chi connectivity index (χ1n) is 6.34. The van der Waals surface area contributed by atoms with Gasteiger partial charge in [0.2, 0.25) is 10.0 Å². The number of rotatable bonds is 8. The molecule has 1 heterocycles. The zero-order valence-electron chi connectivity index (χ0n) is 11.1. The van der Waals surface area contributed by atoms with Crippen LogP contribution in [0.15, 0.2) is 0 Å². The number of aliphatic carboxylic acids is 1. The maximum Gasteiger partial charge on any atom is 0.329 e. The number of hydrogen-bond donors (Lipinski definition) is 1. The van der Waals surface area contributed by atoms with E-state index in [-0.39, 0.29) is 25.1 Å². The van der Waals surface area contributed by atoms with Crippen LogP contribution in [0.5, 0.6) is 0 Å². The van der Waals surface area contributed by atoms with Crippen molar-refractivity contribution in [1.29, 1.82) is 0 Å². The van der Waals surface area contributed by atoms with Crippen LogP contribution in [-0.2, 0) is 24.3 Å². The Bertz CT molecular complexity index is 375. The lowest BCUT2D eigenvalue weighted by atomic mass is 10.1. The molecule has 0 amide bonds. The predicted octanol–water partition coefficient (Wildman–Crippen LogP) is -0.0817. The number of piperidine rings is 1. The summed E-state index contributed by atoms with van der Waals surface area (Å²) in [5, 5.41) is 8.50. The molecule has 0 saturated carbocycles. The van der Waals surface area contributed by atoms with Gasteiger partial charge in [-0.1, -0.05) is 0 Å². The number of carboxylic acid groups (broad SMARTS) is 1. The summed E-state index contributed by atoms with van der Waals surface area (Å²) in [6.45, 7) is 2.94. The minimum atomic E-state index is -3.27. The van der Waals surface area contributed by atoms with E-state index in [2.05, 4.69) is 0 Å². The average Bonchev–Trinajstić information content (AvgIpc) is 2.37. The van der Waals surface area contributed by atoms with Crippen molar-refractivity contribution in [3.8, 4) is 0 Å². The van der Waals surface area contributed by atoms with Crippen LogP contribution in [0.3, 0.4) is 0 Å². The van der Waals surface area contributed by atoms with E-state index in [0.29, 0.717) is 32.5 Å². The van der Waals surface area contributed by atoms with Gasteiger partial charge >= 0.3 is 5.97 Å². The van der Waals surface area contributed by atoms with Crippen LogP contribution < -0.4 is 0 Å². The van der Waals surface area contributed by atoms with Gasteiger partial charge in [-0.3, -0.25) is 0 Å². The summed E-state index contributed by atoms with van der Waals surface area (Å²) in [7, 11) is -3.27. The molecule has 1 N–H and O–H groups in total. The van der Waals surface area contributed by atoms with Crippen molar-refractivity contribution in [2.24, 2.45) is 0 Å². The highest BCUT2D eigenvalue weighted by Crippen LogP contribution is 2.16. The molecule has 0 atom stereocenters. The zero-order chi connectivity index (χ0) is 14.3. The van der Waals surface area contributed by atoms with E-state index in [1.54, 1.807) is 0 Å². The van der Waals surface area contributed by atoms with Gasteiger partial charge in [0, 0.05) is 19.7 Å². The van der Waals surface area contributed by atoms with Gasteiger partial charge in [-0.25, -0.2) is 17.5 Å². The summed E-state index contributed by atoms with van der Waals surface area (Å²) in [4.78, 5) is 10.4. The van der Waals surface area contributed by atoms with E-state index in [1.165, 1.54) is 4.31 Å². The monoisotopic (exact) mass is 295 g/mol. The molecule has 0 aromatic carbocycles. The molecule has 0 aromatic heterocycles. The first-order valence-corrected chi connectivity index (χ1v) is 7.95. The molecular formula is C11H21NO6S. The number of nitrogens with zero attached hydrogens (tertiary/aromatic N) is 1. The minimum absolute atomic E-state index is 0.0124. The Labute approximate surface area is 113 Å². The van der Waals surface area contributed by atoms with Crippen molar-refractivity contribution in [2.75, 3.05) is 38.7 Å². The van der Waals surface area contributed by atoms with Crippen molar-refractivity contribution < 1.29 is 27.8 Å². The molecule has 112 valence electrons. The van der Waals surface area contributed by atoms with E-state index in [9.17, 15) is 13.2 Å². The van der Waals surface area contributed by atoms with Crippen molar-refractivity contribution in [3.05, 3.63) is 0 Å². The van der Waals surface area contributed by atoms with Gasteiger partial charge in [0.25, 0.3) is 0 Å². The maximum absolute atomic E-state index is 11.9. The fourth-order valence-corrected chi connectivity index (χ4v) is 3.26. The Morgan fingerprint density at radius 3 is 2.53 bits per heavy atom. The number of sulfonamides is 1. The Morgan fingerprint density at radius 2 is 2.00 bits per heavy atom. The molecular weight excluding hydrogens is 274 g/mol. The van der Waals surface area contributed by atoms with Gasteiger partial charge in [-0.05, 0) is 19.8 Å². The van der Waals surface area contributed by atoms with Gasteiger partial charge in [0.1, 0.15) is 6.61 Å². The molecule has 0 aliphatic carbocycles. The molecule has 0 unspecified atom stereocenters. The second-order valence-electron chi connectivity index (χ2n) is 4.32. The number of carboxylic acids is 1. The van der Waals surface area contributed by atoms with E-state index < -0.39 is 16.0 Å². The lowest BCUT2D eigenvalue weighted by Gasteiger charge is -2.30. The second-order valence-corrected chi connectivity index (χ2v) is 6.40. The molecule has 0 bridgehead atoms. The van der Waals surface area contributed by atoms with Crippen LogP contribution >= 0.6 is 0 Å². The number of hydrogen-bond acceptors (Lipinski definition) is 5. The van der Waals surface area contributed by atoms with Crippen LogP contribution in [-0.4, -0.2) is 68.6 Å². The van der Waals surface area contributed by atoms with E-state index in [0.717, 1.165) is 0 Å². The molecule has 1 aliphatic rings. The van der Waals surface area contributed by atoms with Crippen molar-refractivity contribution >= 4 is 16.0 Å². The highest BCUT2D eigenvalue weighted by Gasteiger charge is 2.28. The largest absolute Gasteiger partial charge is 0.480 e. The standard InChI is InChI=1S/C11H21NO6S/c1-2-17-7-8-19(15,16)12-5-3-10(4-6-12)18-9-11(13)14/h10H,2-9H2,1H3,(H,13,14). The third-order valence-electron chi connectivity index (χ3n) is 2.93. The summed E-state index contributed by atoms with van der Waals surface area (Å²) >= 11 is 0. The Balaban J connectivity index is 2.34. The molecule has 7 nitrogen and oxygen atoms in total. The third-order valence-corrected chi connectivity index (χ3v) is 4.76. The smallest absolute Gasteiger partial charge is 0.329 e. The van der Waals surface area contributed by atoms with Crippen molar-refractivity contribution in [3.63, 3.8) is 0 Å². The van der Waals surface area contributed by atoms with Gasteiger partial charge in [-0.2, -0.15) is 0 Å². The molecule has 19 heavy (non-hydrogen) atoms. The summed E-state index contributed by atoms with van der Waals surface area (Å²) in [5.41, 5.74) is 0. The molecule has 0 aromatic rings. The second kappa shape index (κ2) is 7.78. The minimum Gasteiger partial charge on any atom is -0.480 e. The third kappa shape index (κ3) is 5.85. The lowest BCUT2D eigenvalue weighted by molar-refractivity contribution is -0.145. The molecule has 1 saturated heterocycles. The normalized spacial score (nSPS) is 18.6. The topological polar surface area (TPSA) is 93.1 Å². The maximum atomic E-state index is 11.9. The summed E-state index contributed by atoms with van der Waals surface area (Å²) in [5.74, 6) is -1.02.